The quantitative estimate of drug-likeness (QED) is 0.792. The van der Waals surface area contributed by atoms with Gasteiger partial charge in [0.05, 0.1) is 17.2 Å². The molecule has 0 aliphatic carbocycles. The Morgan fingerprint density at radius 2 is 1.94 bits per heavy atom. The number of hydrogen-bond donors (Lipinski definition) is 2. The number of nitrogens with one attached hydrogen (secondary N) is 1. The first kappa shape index (κ1) is 15.1. The lowest BCUT2D eigenvalue weighted by Gasteiger charge is -2.09. The van der Waals surface area contributed by atoms with E-state index in [4.69, 9.17) is 33.0 Å². The lowest BCUT2D eigenvalue weighted by molar-refractivity contribution is 0.0952. The smallest absolute Gasteiger partial charge is 0.251 e. The lowest BCUT2D eigenvalue weighted by Crippen LogP contribution is -2.24. The van der Waals surface area contributed by atoms with Crippen LogP contribution in [0.4, 0.5) is 0 Å². The van der Waals surface area contributed by atoms with Gasteiger partial charge in [-0.2, -0.15) is 0 Å². The third kappa shape index (κ3) is 4.05. The monoisotopic (exact) mass is 291 g/mol. The number of halogens is 2. The minimum Gasteiger partial charge on any atom is -0.494 e. The summed E-state index contributed by atoms with van der Waals surface area (Å²) in [7, 11) is 1.46. The maximum absolute atomic E-state index is 11.8. The number of methoxy groups -OCH3 is 1. The highest BCUT2D eigenvalue weighted by Crippen LogP contribution is 2.33. The van der Waals surface area contributed by atoms with Gasteiger partial charge in [-0.1, -0.05) is 23.2 Å². The standard InChI is InChI=1S/C12H15Cl2NO3/c1-18-11-9(13)6-8(7-10(11)14)12(17)15-4-2-3-5-16/h6-7,16H,2-5H2,1H3,(H,15,17). The zero-order chi connectivity index (χ0) is 13.5. The average Bonchev–Trinajstić information content (AvgIpc) is 2.34. The van der Waals surface area contributed by atoms with E-state index in [1.54, 1.807) is 0 Å². The molecular formula is C12H15Cl2NO3. The molecule has 1 rings (SSSR count). The Labute approximate surface area is 116 Å². The fraction of sp³-hybridized carbons (Fsp3) is 0.417. The van der Waals surface area contributed by atoms with E-state index in [0.717, 1.165) is 6.42 Å². The van der Waals surface area contributed by atoms with Gasteiger partial charge in [-0.15, -0.1) is 0 Å². The predicted octanol–water partition coefficient (Wildman–Crippen LogP) is 2.50. The van der Waals surface area contributed by atoms with Crippen molar-refractivity contribution < 1.29 is 14.6 Å². The van der Waals surface area contributed by atoms with Crippen LogP contribution in [0.3, 0.4) is 0 Å². The van der Waals surface area contributed by atoms with Crippen LogP contribution in [0.5, 0.6) is 5.75 Å². The van der Waals surface area contributed by atoms with Crippen molar-refractivity contribution in [2.24, 2.45) is 0 Å². The van der Waals surface area contributed by atoms with Gasteiger partial charge in [-0.25, -0.2) is 0 Å². The topological polar surface area (TPSA) is 58.6 Å². The van der Waals surface area contributed by atoms with Gasteiger partial charge in [0.25, 0.3) is 5.91 Å². The molecule has 1 amide bonds. The molecule has 0 saturated heterocycles. The summed E-state index contributed by atoms with van der Waals surface area (Å²) in [4.78, 5) is 11.8. The van der Waals surface area contributed by atoms with Gasteiger partial charge in [-0.3, -0.25) is 4.79 Å². The molecule has 0 saturated carbocycles. The number of rotatable bonds is 6. The van der Waals surface area contributed by atoms with Crippen molar-refractivity contribution in [1.29, 1.82) is 0 Å². The molecule has 0 bridgehead atoms. The van der Waals surface area contributed by atoms with Gasteiger partial charge >= 0.3 is 0 Å². The number of amides is 1. The number of ether oxygens (including phenoxy) is 1. The Balaban J connectivity index is 2.69. The van der Waals surface area contributed by atoms with E-state index in [0.29, 0.717) is 34.3 Å². The van der Waals surface area contributed by atoms with E-state index >= 15 is 0 Å². The summed E-state index contributed by atoms with van der Waals surface area (Å²) in [5.41, 5.74) is 0.384. The number of unbranched alkanes of at least 4 members (excludes halogenated alkanes) is 1. The molecule has 100 valence electrons. The molecule has 2 N–H and O–H groups in total. The zero-order valence-corrected chi connectivity index (χ0v) is 11.5. The molecule has 0 aliphatic rings. The van der Waals surface area contributed by atoms with Crippen LogP contribution in [0.2, 0.25) is 10.0 Å². The van der Waals surface area contributed by atoms with Crippen molar-refractivity contribution in [3.05, 3.63) is 27.7 Å². The largest absolute Gasteiger partial charge is 0.494 e. The van der Waals surface area contributed by atoms with Gasteiger partial charge in [0.15, 0.2) is 5.75 Å². The average molecular weight is 292 g/mol. The molecule has 18 heavy (non-hydrogen) atoms. The fourth-order valence-corrected chi connectivity index (χ4v) is 2.07. The Hall–Kier alpha value is -0.970. The second-order valence-corrected chi connectivity index (χ2v) is 4.47. The first-order chi connectivity index (χ1) is 8.60. The van der Waals surface area contributed by atoms with E-state index in [1.807, 2.05) is 0 Å². The van der Waals surface area contributed by atoms with Crippen molar-refractivity contribution in [1.82, 2.24) is 5.32 Å². The van der Waals surface area contributed by atoms with Crippen molar-refractivity contribution in [3.8, 4) is 5.75 Å². The molecule has 0 heterocycles. The van der Waals surface area contributed by atoms with Crippen LogP contribution >= 0.6 is 23.2 Å². The van der Waals surface area contributed by atoms with E-state index in [-0.39, 0.29) is 12.5 Å². The normalized spacial score (nSPS) is 10.2. The summed E-state index contributed by atoms with van der Waals surface area (Å²) in [6, 6.07) is 3.02. The summed E-state index contributed by atoms with van der Waals surface area (Å²) in [5.74, 6) is 0.106. The second kappa shape index (κ2) is 7.46. The third-order valence-electron chi connectivity index (χ3n) is 2.34. The molecule has 0 aliphatic heterocycles. The maximum Gasteiger partial charge on any atom is 0.251 e. The van der Waals surface area contributed by atoms with Crippen LogP contribution in [0, 0.1) is 0 Å². The molecule has 0 aromatic heterocycles. The number of aliphatic hydroxyl groups is 1. The van der Waals surface area contributed by atoms with Crippen LogP contribution < -0.4 is 10.1 Å². The molecule has 0 spiro atoms. The highest BCUT2D eigenvalue weighted by atomic mass is 35.5. The maximum atomic E-state index is 11.8. The number of hydrogen-bond acceptors (Lipinski definition) is 3. The molecule has 6 heteroatoms. The van der Waals surface area contributed by atoms with Crippen LogP contribution in [0.1, 0.15) is 23.2 Å². The Morgan fingerprint density at radius 1 is 1.33 bits per heavy atom. The van der Waals surface area contributed by atoms with Gasteiger partial charge in [-0.05, 0) is 25.0 Å². The summed E-state index contributed by atoms with van der Waals surface area (Å²) >= 11 is 11.9. The highest BCUT2D eigenvalue weighted by molar-refractivity contribution is 6.37. The Morgan fingerprint density at radius 3 is 2.44 bits per heavy atom. The first-order valence-electron chi connectivity index (χ1n) is 5.52. The number of aliphatic hydroxyl groups excluding tert-OH is 1. The summed E-state index contributed by atoms with van der Waals surface area (Å²) in [6.07, 6.45) is 1.38. The van der Waals surface area contributed by atoms with Crippen LogP contribution in [0.15, 0.2) is 12.1 Å². The molecule has 0 atom stereocenters. The van der Waals surface area contributed by atoms with Crippen LogP contribution in [-0.4, -0.2) is 31.3 Å². The predicted molar refractivity (Wildman–Crippen MR) is 71.7 cm³/mol. The van der Waals surface area contributed by atoms with Gasteiger partial charge in [0.1, 0.15) is 0 Å². The van der Waals surface area contributed by atoms with E-state index in [1.165, 1.54) is 19.2 Å². The summed E-state index contributed by atoms with van der Waals surface area (Å²) in [5, 5.41) is 11.9. The number of benzene rings is 1. The Bertz CT molecular complexity index is 401. The van der Waals surface area contributed by atoms with Crippen LogP contribution in [-0.2, 0) is 0 Å². The summed E-state index contributed by atoms with van der Waals surface area (Å²) < 4.78 is 5.00. The summed E-state index contributed by atoms with van der Waals surface area (Å²) in [6.45, 7) is 0.622. The lowest BCUT2D eigenvalue weighted by atomic mass is 10.2. The van der Waals surface area contributed by atoms with E-state index in [2.05, 4.69) is 5.32 Å². The van der Waals surface area contributed by atoms with Gasteiger partial charge < -0.3 is 15.2 Å². The number of carbonyl (C=O) groups excluding carboxylic acids is 1. The first-order valence-corrected chi connectivity index (χ1v) is 6.27. The molecule has 1 aromatic rings. The minimum atomic E-state index is -0.251. The minimum absolute atomic E-state index is 0.121. The second-order valence-electron chi connectivity index (χ2n) is 3.66. The van der Waals surface area contributed by atoms with Crippen molar-refractivity contribution in [2.75, 3.05) is 20.3 Å². The molecule has 4 nitrogen and oxygen atoms in total. The van der Waals surface area contributed by atoms with E-state index < -0.39 is 0 Å². The van der Waals surface area contributed by atoms with Gasteiger partial charge in [0.2, 0.25) is 0 Å². The molecule has 0 unspecified atom stereocenters. The molecule has 1 aromatic carbocycles. The highest BCUT2D eigenvalue weighted by Gasteiger charge is 2.12. The molecule has 0 radical (unpaired) electrons. The fourth-order valence-electron chi connectivity index (χ4n) is 1.43. The van der Waals surface area contributed by atoms with Crippen molar-refractivity contribution in [3.63, 3.8) is 0 Å². The third-order valence-corrected chi connectivity index (χ3v) is 2.90. The molecular weight excluding hydrogens is 277 g/mol. The van der Waals surface area contributed by atoms with Crippen LogP contribution in [0.25, 0.3) is 0 Å². The van der Waals surface area contributed by atoms with E-state index in [9.17, 15) is 4.79 Å². The van der Waals surface area contributed by atoms with Crippen molar-refractivity contribution >= 4 is 29.1 Å². The zero-order valence-electron chi connectivity index (χ0n) is 10.0. The van der Waals surface area contributed by atoms with Crippen molar-refractivity contribution in [2.45, 2.75) is 12.8 Å². The Kier molecular flexibility index (Phi) is 6.25. The molecule has 0 fully saturated rings. The van der Waals surface area contributed by atoms with Gasteiger partial charge in [0, 0.05) is 18.7 Å². The number of carbonyl (C=O) groups is 1. The SMILES string of the molecule is COc1c(Cl)cc(C(=O)NCCCCO)cc1Cl.